The summed E-state index contributed by atoms with van der Waals surface area (Å²) in [6.45, 7) is 5.88. The molecule has 0 aromatic heterocycles. The lowest BCUT2D eigenvalue weighted by Gasteiger charge is -2.05. The van der Waals surface area contributed by atoms with Crippen molar-refractivity contribution >= 4 is 8.60 Å². The van der Waals surface area contributed by atoms with Gasteiger partial charge in [0, 0.05) is 0 Å². The molecule has 0 saturated carbocycles. The summed E-state index contributed by atoms with van der Waals surface area (Å²) in [4.78, 5) is 8.63. The maximum atomic E-state index is 8.63. The van der Waals surface area contributed by atoms with E-state index in [0.29, 0.717) is 6.61 Å². The summed E-state index contributed by atoms with van der Waals surface area (Å²) in [6.07, 6.45) is 0. The largest absolute Gasteiger partial charge is 0.329 e. The number of rotatable bonds is 4. The SMILES string of the molecule is [CH2]COP(O)OCC. The van der Waals surface area contributed by atoms with Crippen molar-refractivity contribution in [1.82, 2.24) is 0 Å². The molecule has 0 fully saturated rings. The van der Waals surface area contributed by atoms with Crippen LogP contribution in [0.4, 0.5) is 0 Å². The summed E-state index contributed by atoms with van der Waals surface area (Å²) in [5.74, 6) is 0. The predicted octanol–water partition coefficient (Wildman–Crippen LogP) is 1.09. The molecule has 1 radical (unpaired) electrons. The van der Waals surface area contributed by atoms with E-state index < -0.39 is 8.60 Å². The zero-order chi connectivity index (χ0) is 6.41. The molecule has 1 N–H and O–H groups in total. The summed E-state index contributed by atoms with van der Waals surface area (Å²) in [7, 11) is -1.64. The van der Waals surface area contributed by atoms with Crippen LogP contribution in [0.25, 0.3) is 0 Å². The van der Waals surface area contributed by atoms with Crippen molar-refractivity contribution in [1.29, 1.82) is 0 Å². The molecule has 1 unspecified atom stereocenters. The Morgan fingerprint density at radius 1 is 1.62 bits per heavy atom. The third-order valence-electron chi connectivity index (χ3n) is 0.441. The second-order valence-electron chi connectivity index (χ2n) is 0.989. The monoisotopic (exact) mass is 137 g/mol. The van der Waals surface area contributed by atoms with Gasteiger partial charge in [0.2, 0.25) is 0 Å². The maximum absolute atomic E-state index is 8.63. The molecule has 4 heteroatoms. The lowest BCUT2D eigenvalue weighted by atomic mass is 10.9. The fourth-order valence-corrected chi connectivity index (χ4v) is 0.677. The van der Waals surface area contributed by atoms with Crippen molar-refractivity contribution in [2.24, 2.45) is 0 Å². The van der Waals surface area contributed by atoms with E-state index in [9.17, 15) is 0 Å². The van der Waals surface area contributed by atoms with Crippen LogP contribution in [0.3, 0.4) is 0 Å². The molecule has 0 spiro atoms. The molecule has 49 valence electrons. The molecule has 0 aliphatic rings. The van der Waals surface area contributed by atoms with Crippen LogP contribution in [0, 0.1) is 6.92 Å². The molecule has 0 heterocycles. The topological polar surface area (TPSA) is 38.7 Å². The first-order chi connectivity index (χ1) is 3.81. The van der Waals surface area contributed by atoms with Gasteiger partial charge in [0.15, 0.2) is 0 Å². The molecule has 0 amide bonds. The molecule has 0 aromatic rings. The highest BCUT2D eigenvalue weighted by molar-refractivity contribution is 7.40. The highest BCUT2D eigenvalue weighted by Crippen LogP contribution is 2.31. The van der Waals surface area contributed by atoms with Gasteiger partial charge in [-0.3, -0.25) is 0 Å². The Balaban J connectivity index is 2.92. The van der Waals surface area contributed by atoms with E-state index >= 15 is 0 Å². The Morgan fingerprint density at radius 3 is 2.62 bits per heavy atom. The highest BCUT2D eigenvalue weighted by Gasteiger charge is 2.00. The van der Waals surface area contributed by atoms with Gasteiger partial charge in [-0.1, -0.05) is 0 Å². The van der Waals surface area contributed by atoms with Crippen molar-refractivity contribution in [3.63, 3.8) is 0 Å². The van der Waals surface area contributed by atoms with Crippen LogP contribution in [0.2, 0.25) is 0 Å². The minimum absolute atomic E-state index is 0.252. The van der Waals surface area contributed by atoms with Crippen molar-refractivity contribution in [2.75, 3.05) is 13.2 Å². The summed E-state index contributed by atoms with van der Waals surface area (Å²) in [6, 6.07) is 0. The van der Waals surface area contributed by atoms with Crippen LogP contribution in [0.5, 0.6) is 0 Å². The lowest BCUT2D eigenvalue weighted by molar-refractivity contribution is 0.223. The maximum Gasteiger partial charge on any atom is 0.329 e. The van der Waals surface area contributed by atoms with E-state index in [1.807, 2.05) is 0 Å². The van der Waals surface area contributed by atoms with Gasteiger partial charge in [-0.2, -0.15) is 0 Å². The van der Waals surface area contributed by atoms with E-state index in [-0.39, 0.29) is 6.61 Å². The fourth-order valence-electron chi connectivity index (χ4n) is 0.226. The molecule has 0 aliphatic heterocycles. The van der Waals surface area contributed by atoms with Crippen molar-refractivity contribution in [3.05, 3.63) is 6.92 Å². The minimum Gasteiger partial charge on any atom is -0.328 e. The van der Waals surface area contributed by atoms with Crippen molar-refractivity contribution in [2.45, 2.75) is 6.92 Å². The highest BCUT2D eigenvalue weighted by atomic mass is 31.2. The molecule has 0 rings (SSSR count). The fraction of sp³-hybridized carbons (Fsp3) is 0.750. The van der Waals surface area contributed by atoms with E-state index in [2.05, 4.69) is 16.0 Å². The Bertz CT molecular complexity index is 44.5. The third-order valence-corrected chi connectivity index (χ3v) is 1.32. The molecule has 0 bridgehead atoms. The Morgan fingerprint density at radius 2 is 2.25 bits per heavy atom. The summed E-state index contributed by atoms with van der Waals surface area (Å²) >= 11 is 0. The third kappa shape index (κ3) is 4.47. The van der Waals surface area contributed by atoms with Gasteiger partial charge >= 0.3 is 8.60 Å². The van der Waals surface area contributed by atoms with E-state index in [1.165, 1.54) is 0 Å². The van der Waals surface area contributed by atoms with Crippen LogP contribution in [-0.4, -0.2) is 18.1 Å². The molecule has 0 aromatic carbocycles. The molecule has 1 atom stereocenters. The van der Waals surface area contributed by atoms with Crippen LogP contribution in [0.1, 0.15) is 6.92 Å². The number of hydrogen-bond donors (Lipinski definition) is 1. The van der Waals surface area contributed by atoms with Gasteiger partial charge in [-0.25, -0.2) is 0 Å². The molecule has 8 heavy (non-hydrogen) atoms. The first-order valence-electron chi connectivity index (χ1n) is 2.35. The molecular formula is C4H10O3P. The minimum atomic E-state index is -1.64. The Kier molecular flexibility index (Phi) is 5.66. The van der Waals surface area contributed by atoms with Gasteiger partial charge in [-0.05, 0) is 13.8 Å². The van der Waals surface area contributed by atoms with Gasteiger partial charge < -0.3 is 13.9 Å². The lowest BCUT2D eigenvalue weighted by Crippen LogP contribution is -1.87. The van der Waals surface area contributed by atoms with Crippen LogP contribution < -0.4 is 0 Å². The van der Waals surface area contributed by atoms with Crippen molar-refractivity contribution in [3.8, 4) is 0 Å². The molecule has 3 nitrogen and oxygen atoms in total. The van der Waals surface area contributed by atoms with Gasteiger partial charge in [0.05, 0.1) is 13.2 Å². The number of hydrogen-bond acceptors (Lipinski definition) is 3. The van der Waals surface area contributed by atoms with Crippen molar-refractivity contribution < 1.29 is 13.9 Å². The predicted molar refractivity (Wildman–Crippen MR) is 32.1 cm³/mol. The van der Waals surface area contributed by atoms with E-state index in [0.717, 1.165) is 0 Å². The van der Waals surface area contributed by atoms with Gasteiger partial charge in [-0.15, -0.1) is 0 Å². The summed E-state index contributed by atoms with van der Waals surface area (Å²) < 4.78 is 9.21. The normalized spacial score (nSPS) is 10.5. The standard InChI is InChI=1S/C4H10O3P/c1-3-6-8(5)7-4-2/h5H,1,3-4H2,2H3. The Hall–Kier alpha value is 0.310. The van der Waals surface area contributed by atoms with E-state index in [4.69, 9.17) is 4.89 Å². The van der Waals surface area contributed by atoms with E-state index in [1.54, 1.807) is 6.92 Å². The molecular weight excluding hydrogens is 127 g/mol. The zero-order valence-corrected chi connectivity index (χ0v) is 5.73. The van der Waals surface area contributed by atoms with Crippen LogP contribution >= 0.6 is 8.60 Å². The quantitative estimate of drug-likeness (QED) is 0.589. The summed E-state index contributed by atoms with van der Waals surface area (Å²) in [5.41, 5.74) is 0. The van der Waals surface area contributed by atoms with Crippen LogP contribution in [-0.2, 0) is 9.05 Å². The molecule has 0 saturated heterocycles. The zero-order valence-electron chi connectivity index (χ0n) is 4.83. The van der Waals surface area contributed by atoms with Crippen LogP contribution in [0.15, 0.2) is 0 Å². The first-order valence-corrected chi connectivity index (χ1v) is 3.48. The summed E-state index contributed by atoms with van der Waals surface area (Å²) in [5, 5.41) is 0. The smallest absolute Gasteiger partial charge is 0.328 e. The Labute approximate surface area is 50.6 Å². The van der Waals surface area contributed by atoms with Gasteiger partial charge in [0.1, 0.15) is 0 Å². The second-order valence-corrected chi connectivity index (χ2v) is 1.98. The first kappa shape index (κ1) is 8.31. The average molecular weight is 137 g/mol. The van der Waals surface area contributed by atoms with Gasteiger partial charge in [0.25, 0.3) is 0 Å². The second kappa shape index (κ2) is 5.45. The average Bonchev–Trinajstić information content (AvgIpc) is 1.68. The molecule has 0 aliphatic carbocycles.